The van der Waals surface area contributed by atoms with E-state index >= 15 is 0 Å². The quantitative estimate of drug-likeness (QED) is 0.558. The highest BCUT2D eigenvalue weighted by atomic mass is 16.5. The van der Waals surface area contributed by atoms with Crippen molar-refractivity contribution in [1.29, 1.82) is 0 Å². The monoisotopic (exact) mass is 231 g/mol. The Kier molecular flexibility index (Phi) is 10.5. The molecule has 0 saturated heterocycles. The number of carbonyl (C=O) groups is 1. The highest BCUT2D eigenvalue weighted by molar-refractivity contribution is 5.75. The molecule has 0 spiro atoms. The van der Waals surface area contributed by atoms with Gasteiger partial charge in [-0.05, 0) is 25.2 Å². The summed E-state index contributed by atoms with van der Waals surface area (Å²) in [7, 11) is 0. The molecule has 0 aromatic carbocycles. The van der Waals surface area contributed by atoms with Crippen molar-refractivity contribution in [3.8, 4) is 0 Å². The molecule has 0 fully saturated rings. The molecular formula is C12H25NO3. The third-order valence-corrected chi connectivity index (χ3v) is 2.05. The fourth-order valence-corrected chi connectivity index (χ4v) is 1.21. The van der Waals surface area contributed by atoms with Gasteiger partial charge in [0, 0.05) is 32.8 Å². The van der Waals surface area contributed by atoms with Gasteiger partial charge in [-0.2, -0.15) is 0 Å². The van der Waals surface area contributed by atoms with Crippen LogP contribution in [0.4, 0.5) is 0 Å². The summed E-state index contributed by atoms with van der Waals surface area (Å²) in [6.45, 7) is 6.55. The molecule has 0 saturated carbocycles. The highest BCUT2D eigenvalue weighted by Gasteiger charge is 1.99. The lowest BCUT2D eigenvalue weighted by Gasteiger charge is -2.07. The fraction of sp³-hybridized carbons (Fsp3) is 0.917. The molecule has 0 atom stereocenters. The summed E-state index contributed by atoms with van der Waals surface area (Å²) in [4.78, 5) is 11.2. The first-order chi connectivity index (χ1) is 7.66. The van der Waals surface area contributed by atoms with Crippen molar-refractivity contribution in [3.63, 3.8) is 0 Å². The average Bonchev–Trinajstić information content (AvgIpc) is 2.23. The van der Waals surface area contributed by atoms with E-state index in [2.05, 4.69) is 19.2 Å². The molecule has 0 unspecified atom stereocenters. The first kappa shape index (κ1) is 15.4. The number of ether oxygens (including phenoxy) is 1. The van der Waals surface area contributed by atoms with E-state index in [-0.39, 0.29) is 12.5 Å². The maximum atomic E-state index is 11.2. The van der Waals surface area contributed by atoms with E-state index < -0.39 is 0 Å². The van der Waals surface area contributed by atoms with Gasteiger partial charge in [-0.25, -0.2) is 0 Å². The molecule has 0 aliphatic heterocycles. The van der Waals surface area contributed by atoms with Gasteiger partial charge in [0.1, 0.15) is 0 Å². The first-order valence-corrected chi connectivity index (χ1v) is 6.12. The molecule has 0 aliphatic rings. The van der Waals surface area contributed by atoms with Crippen molar-refractivity contribution in [2.45, 2.75) is 39.5 Å². The van der Waals surface area contributed by atoms with Gasteiger partial charge in [0.05, 0.1) is 0 Å². The number of hydrogen-bond acceptors (Lipinski definition) is 3. The summed E-state index contributed by atoms with van der Waals surface area (Å²) in [5.74, 6) is 0.630. The largest absolute Gasteiger partial charge is 0.396 e. The van der Waals surface area contributed by atoms with Gasteiger partial charge in [-0.15, -0.1) is 0 Å². The van der Waals surface area contributed by atoms with Crippen molar-refractivity contribution >= 4 is 5.91 Å². The van der Waals surface area contributed by atoms with Crippen LogP contribution in [0.5, 0.6) is 0 Å². The number of aliphatic hydroxyl groups excluding tert-OH is 1. The van der Waals surface area contributed by atoms with Crippen LogP contribution >= 0.6 is 0 Å². The SMILES string of the molecule is CC(C)COCCCNC(=O)CCCCO. The second-order valence-corrected chi connectivity index (χ2v) is 4.35. The molecule has 96 valence electrons. The van der Waals surface area contributed by atoms with Crippen LogP contribution in [0.1, 0.15) is 39.5 Å². The third-order valence-electron chi connectivity index (χ3n) is 2.05. The summed E-state index contributed by atoms with van der Waals surface area (Å²) in [6.07, 6.45) is 2.82. The minimum atomic E-state index is 0.0670. The number of rotatable bonds is 10. The number of aliphatic hydroxyl groups is 1. The lowest BCUT2D eigenvalue weighted by Crippen LogP contribution is -2.25. The van der Waals surface area contributed by atoms with Crippen LogP contribution < -0.4 is 5.32 Å². The Bertz CT molecular complexity index is 172. The number of carbonyl (C=O) groups excluding carboxylic acids is 1. The molecule has 0 radical (unpaired) electrons. The van der Waals surface area contributed by atoms with Crippen molar-refractivity contribution in [2.75, 3.05) is 26.4 Å². The van der Waals surface area contributed by atoms with E-state index in [1.807, 2.05) is 0 Å². The number of amides is 1. The minimum Gasteiger partial charge on any atom is -0.396 e. The first-order valence-electron chi connectivity index (χ1n) is 6.12. The second-order valence-electron chi connectivity index (χ2n) is 4.35. The Morgan fingerprint density at radius 2 is 2.06 bits per heavy atom. The van der Waals surface area contributed by atoms with Gasteiger partial charge in [0.2, 0.25) is 5.91 Å². The summed E-state index contributed by atoms with van der Waals surface area (Å²) in [6, 6.07) is 0. The summed E-state index contributed by atoms with van der Waals surface area (Å²) in [5.41, 5.74) is 0. The van der Waals surface area contributed by atoms with Gasteiger partial charge < -0.3 is 15.2 Å². The van der Waals surface area contributed by atoms with E-state index in [4.69, 9.17) is 9.84 Å². The molecule has 16 heavy (non-hydrogen) atoms. The van der Waals surface area contributed by atoms with Crippen LogP contribution in [0.3, 0.4) is 0 Å². The Hall–Kier alpha value is -0.610. The molecule has 4 nitrogen and oxygen atoms in total. The Morgan fingerprint density at radius 3 is 2.69 bits per heavy atom. The van der Waals surface area contributed by atoms with Crippen molar-refractivity contribution in [3.05, 3.63) is 0 Å². The topological polar surface area (TPSA) is 58.6 Å². The normalized spacial score (nSPS) is 10.8. The van der Waals surface area contributed by atoms with Crippen LogP contribution in [0.25, 0.3) is 0 Å². The van der Waals surface area contributed by atoms with E-state index in [1.165, 1.54) is 0 Å². The molecule has 2 N–H and O–H groups in total. The minimum absolute atomic E-state index is 0.0670. The maximum Gasteiger partial charge on any atom is 0.219 e. The van der Waals surface area contributed by atoms with Gasteiger partial charge in [-0.1, -0.05) is 13.8 Å². The Labute approximate surface area is 98.4 Å². The van der Waals surface area contributed by atoms with Crippen molar-refractivity contribution < 1.29 is 14.6 Å². The zero-order valence-corrected chi connectivity index (χ0v) is 10.5. The molecule has 0 heterocycles. The molecule has 0 rings (SSSR count). The van der Waals surface area contributed by atoms with E-state index in [1.54, 1.807) is 0 Å². The Balaban J connectivity index is 3.15. The Morgan fingerprint density at radius 1 is 1.31 bits per heavy atom. The van der Waals surface area contributed by atoms with Crippen LogP contribution in [-0.2, 0) is 9.53 Å². The van der Waals surface area contributed by atoms with Gasteiger partial charge in [-0.3, -0.25) is 4.79 Å². The lowest BCUT2D eigenvalue weighted by atomic mass is 10.2. The summed E-state index contributed by atoms with van der Waals surface area (Å²) < 4.78 is 5.39. The molecule has 0 aromatic heterocycles. The number of nitrogens with one attached hydrogen (secondary N) is 1. The van der Waals surface area contributed by atoms with Gasteiger partial charge in [0.25, 0.3) is 0 Å². The van der Waals surface area contributed by atoms with Gasteiger partial charge in [0.15, 0.2) is 0 Å². The van der Waals surface area contributed by atoms with Gasteiger partial charge >= 0.3 is 0 Å². The molecule has 0 bridgehead atoms. The standard InChI is InChI=1S/C12H25NO3/c1-11(2)10-16-9-5-7-13-12(15)6-3-4-8-14/h11,14H,3-10H2,1-2H3,(H,13,15). The van der Waals surface area contributed by atoms with Crippen LogP contribution in [-0.4, -0.2) is 37.4 Å². The predicted octanol–water partition coefficient (Wildman–Crippen LogP) is 1.33. The number of unbranched alkanes of at least 4 members (excludes halogenated alkanes) is 1. The van der Waals surface area contributed by atoms with Crippen molar-refractivity contribution in [1.82, 2.24) is 5.32 Å². The second kappa shape index (κ2) is 10.9. The van der Waals surface area contributed by atoms with E-state index in [0.29, 0.717) is 31.9 Å². The molecule has 0 aliphatic carbocycles. The van der Waals surface area contributed by atoms with Crippen molar-refractivity contribution in [2.24, 2.45) is 5.92 Å². The zero-order chi connectivity index (χ0) is 12.2. The molecule has 0 aromatic rings. The zero-order valence-electron chi connectivity index (χ0n) is 10.5. The fourth-order valence-electron chi connectivity index (χ4n) is 1.21. The lowest BCUT2D eigenvalue weighted by molar-refractivity contribution is -0.121. The smallest absolute Gasteiger partial charge is 0.219 e. The number of hydrogen-bond donors (Lipinski definition) is 2. The third kappa shape index (κ3) is 11.5. The maximum absolute atomic E-state index is 11.2. The van der Waals surface area contributed by atoms with Crippen LogP contribution in [0.2, 0.25) is 0 Å². The molecule has 1 amide bonds. The predicted molar refractivity (Wildman–Crippen MR) is 64.2 cm³/mol. The van der Waals surface area contributed by atoms with E-state index in [9.17, 15) is 4.79 Å². The van der Waals surface area contributed by atoms with E-state index in [0.717, 1.165) is 19.4 Å². The molecule has 4 heteroatoms. The summed E-state index contributed by atoms with van der Waals surface area (Å²) >= 11 is 0. The van der Waals surface area contributed by atoms with Crippen LogP contribution in [0.15, 0.2) is 0 Å². The average molecular weight is 231 g/mol. The van der Waals surface area contributed by atoms with Crippen LogP contribution in [0, 0.1) is 5.92 Å². The molecular weight excluding hydrogens is 206 g/mol. The summed E-state index contributed by atoms with van der Waals surface area (Å²) in [5, 5.41) is 11.4. The highest BCUT2D eigenvalue weighted by Crippen LogP contribution is 1.95.